The van der Waals surface area contributed by atoms with E-state index in [-0.39, 0.29) is 0 Å². The Labute approximate surface area is 108 Å². The van der Waals surface area contributed by atoms with E-state index < -0.39 is 11.8 Å². The molecule has 0 bridgehead atoms. The Morgan fingerprint density at radius 3 is 2.28 bits per heavy atom. The highest BCUT2D eigenvalue weighted by molar-refractivity contribution is 6.34. The van der Waals surface area contributed by atoms with Crippen LogP contribution < -0.4 is 11.1 Å². The Hall–Kier alpha value is -1.10. The van der Waals surface area contributed by atoms with Crippen LogP contribution in [0.15, 0.2) is 0 Å². The second-order valence-electron chi connectivity index (χ2n) is 5.49. The zero-order valence-electron chi connectivity index (χ0n) is 10.9. The Morgan fingerprint density at radius 1 is 1.11 bits per heavy atom. The van der Waals surface area contributed by atoms with Gasteiger partial charge in [-0.2, -0.15) is 0 Å². The van der Waals surface area contributed by atoms with Gasteiger partial charge in [-0.05, 0) is 44.7 Å². The molecule has 2 amide bonds. The number of carbonyl (C=O) groups excluding carboxylic acids is 2. The molecule has 0 spiro atoms. The fraction of sp³-hybridized carbons (Fsp3) is 0.846. The van der Waals surface area contributed by atoms with Gasteiger partial charge in [0.25, 0.3) is 0 Å². The zero-order chi connectivity index (χ0) is 13.0. The molecule has 1 aliphatic carbocycles. The first-order valence-electron chi connectivity index (χ1n) is 6.98. The van der Waals surface area contributed by atoms with Gasteiger partial charge in [0.05, 0.1) is 0 Å². The van der Waals surface area contributed by atoms with Crippen LogP contribution in [0.5, 0.6) is 0 Å². The third-order valence-electron chi connectivity index (χ3n) is 4.27. The van der Waals surface area contributed by atoms with Crippen molar-refractivity contribution in [3.8, 4) is 0 Å². The topological polar surface area (TPSA) is 75.4 Å². The number of nitrogens with two attached hydrogens (primary N) is 1. The molecule has 0 radical (unpaired) electrons. The zero-order valence-corrected chi connectivity index (χ0v) is 10.9. The molecule has 2 rings (SSSR count). The van der Waals surface area contributed by atoms with E-state index in [0.29, 0.717) is 12.5 Å². The molecule has 0 unspecified atom stereocenters. The second-order valence-corrected chi connectivity index (χ2v) is 5.49. The highest BCUT2D eigenvalue weighted by Gasteiger charge is 2.27. The van der Waals surface area contributed by atoms with Gasteiger partial charge in [0.1, 0.15) is 0 Å². The van der Waals surface area contributed by atoms with E-state index in [9.17, 15) is 9.59 Å². The molecule has 3 N–H and O–H groups in total. The number of piperidine rings is 1. The van der Waals surface area contributed by atoms with Crippen molar-refractivity contribution < 1.29 is 9.59 Å². The SMILES string of the molecule is NC(=O)C(=O)NCC1CCN(C2CCCC2)CC1. The standard InChI is InChI=1S/C13H23N3O2/c14-12(17)13(18)15-9-10-5-7-16(8-6-10)11-3-1-2-4-11/h10-11H,1-9H2,(H2,14,17)(H,15,18). The van der Waals surface area contributed by atoms with Gasteiger partial charge in [0.15, 0.2) is 0 Å². The highest BCUT2D eigenvalue weighted by atomic mass is 16.2. The number of nitrogens with zero attached hydrogens (tertiary/aromatic N) is 1. The number of nitrogens with one attached hydrogen (secondary N) is 1. The number of likely N-dealkylation sites (tertiary alicyclic amines) is 1. The molecule has 2 aliphatic rings. The molecule has 2 fully saturated rings. The van der Waals surface area contributed by atoms with Crippen molar-refractivity contribution in [3.05, 3.63) is 0 Å². The average Bonchev–Trinajstić information content (AvgIpc) is 2.90. The van der Waals surface area contributed by atoms with Crippen molar-refractivity contribution in [2.24, 2.45) is 11.7 Å². The normalized spacial score (nSPS) is 23.1. The van der Waals surface area contributed by atoms with E-state index in [2.05, 4.69) is 10.2 Å². The van der Waals surface area contributed by atoms with Crippen LogP contribution in [0.2, 0.25) is 0 Å². The van der Waals surface area contributed by atoms with Crippen molar-refractivity contribution in [2.45, 2.75) is 44.6 Å². The quantitative estimate of drug-likeness (QED) is 0.708. The van der Waals surface area contributed by atoms with Crippen molar-refractivity contribution in [2.75, 3.05) is 19.6 Å². The van der Waals surface area contributed by atoms with E-state index in [0.717, 1.165) is 32.0 Å². The summed E-state index contributed by atoms with van der Waals surface area (Å²) < 4.78 is 0. The number of amides is 2. The van der Waals surface area contributed by atoms with Gasteiger partial charge in [-0.25, -0.2) is 0 Å². The Kier molecular flexibility index (Phi) is 4.58. The minimum atomic E-state index is -0.890. The molecule has 0 aromatic rings. The van der Waals surface area contributed by atoms with Gasteiger partial charge in [-0.15, -0.1) is 0 Å². The molecule has 1 heterocycles. The summed E-state index contributed by atoms with van der Waals surface area (Å²) in [6.07, 6.45) is 7.66. The van der Waals surface area contributed by atoms with Gasteiger partial charge in [-0.1, -0.05) is 12.8 Å². The number of rotatable bonds is 3. The number of hydrogen-bond acceptors (Lipinski definition) is 3. The van der Waals surface area contributed by atoms with Crippen LogP contribution in [0.3, 0.4) is 0 Å². The summed E-state index contributed by atoms with van der Waals surface area (Å²) in [5, 5.41) is 2.60. The van der Waals surface area contributed by atoms with Crippen LogP contribution in [0.4, 0.5) is 0 Å². The molecule has 0 atom stereocenters. The van der Waals surface area contributed by atoms with Crippen LogP contribution in [0.25, 0.3) is 0 Å². The fourth-order valence-electron chi connectivity index (χ4n) is 3.12. The van der Waals surface area contributed by atoms with E-state index in [1.54, 1.807) is 0 Å². The molecule has 0 aromatic heterocycles. The first kappa shape index (κ1) is 13.3. The lowest BCUT2D eigenvalue weighted by molar-refractivity contribution is -0.137. The molecule has 1 saturated carbocycles. The first-order valence-corrected chi connectivity index (χ1v) is 6.98. The summed E-state index contributed by atoms with van der Waals surface area (Å²) >= 11 is 0. The molecule has 0 aromatic carbocycles. The minimum absolute atomic E-state index is 0.492. The average molecular weight is 253 g/mol. The molecule has 102 valence electrons. The Morgan fingerprint density at radius 2 is 1.72 bits per heavy atom. The predicted molar refractivity (Wildman–Crippen MR) is 68.8 cm³/mol. The largest absolute Gasteiger partial charge is 0.361 e. The van der Waals surface area contributed by atoms with Gasteiger partial charge in [-0.3, -0.25) is 9.59 Å². The first-order chi connectivity index (χ1) is 8.66. The third kappa shape index (κ3) is 3.45. The van der Waals surface area contributed by atoms with Crippen LogP contribution in [-0.2, 0) is 9.59 Å². The van der Waals surface area contributed by atoms with Crippen molar-refractivity contribution in [1.29, 1.82) is 0 Å². The summed E-state index contributed by atoms with van der Waals surface area (Å²) in [7, 11) is 0. The van der Waals surface area contributed by atoms with Crippen LogP contribution in [0.1, 0.15) is 38.5 Å². The second kappa shape index (κ2) is 6.18. The van der Waals surface area contributed by atoms with E-state index in [1.165, 1.54) is 25.7 Å². The maximum absolute atomic E-state index is 11.1. The monoisotopic (exact) mass is 253 g/mol. The maximum atomic E-state index is 11.1. The molecular weight excluding hydrogens is 230 g/mol. The van der Waals surface area contributed by atoms with Crippen molar-refractivity contribution >= 4 is 11.8 Å². The molecular formula is C13H23N3O2. The maximum Gasteiger partial charge on any atom is 0.309 e. The van der Waals surface area contributed by atoms with E-state index in [1.807, 2.05) is 0 Å². The van der Waals surface area contributed by atoms with E-state index >= 15 is 0 Å². The predicted octanol–water partition coefficient (Wildman–Crippen LogP) is 0.242. The van der Waals surface area contributed by atoms with Gasteiger partial charge < -0.3 is 16.0 Å². The third-order valence-corrected chi connectivity index (χ3v) is 4.27. The lowest BCUT2D eigenvalue weighted by Gasteiger charge is -2.36. The van der Waals surface area contributed by atoms with Crippen molar-refractivity contribution in [1.82, 2.24) is 10.2 Å². The molecule has 1 saturated heterocycles. The lowest BCUT2D eigenvalue weighted by Crippen LogP contribution is -2.44. The van der Waals surface area contributed by atoms with E-state index in [4.69, 9.17) is 5.73 Å². The van der Waals surface area contributed by atoms with Crippen LogP contribution in [-0.4, -0.2) is 42.4 Å². The molecule has 18 heavy (non-hydrogen) atoms. The number of hydrogen-bond donors (Lipinski definition) is 2. The summed E-state index contributed by atoms with van der Waals surface area (Å²) in [5.74, 6) is -1.06. The summed E-state index contributed by atoms with van der Waals surface area (Å²) in [6.45, 7) is 2.84. The number of primary amides is 1. The highest BCUT2D eigenvalue weighted by Crippen LogP contribution is 2.27. The van der Waals surface area contributed by atoms with Crippen molar-refractivity contribution in [3.63, 3.8) is 0 Å². The molecule has 5 nitrogen and oxygen atoms in total. The number of carbonyl (C=O) groups is 2. The minimum Gasteiger partial charge on any atom is -0.361 e. The smallest absolute Gasteiger partial charge is 0.309 e. The van der Waals surface area contributed by atoms with Gasteiger partial charge in [0, 0.05) is 12.6 Å². The fourth-order valence-corrected chi connectivity index (χ4v) is 3.12. The summed E-state index contributed by atoms with van der Waals surface area (Å²) in [5.41, 5.74) is 4.90. The molecule has 5 heteroatoms. The lowest BCUT2D eigenvalue weighted by atomic mass is 9.95. The molecule has 1 aliphatic heterocycles. The van der Waals surface area contributed by atoms with Gasteiger partial charge >= 0.3 is 11.8 Å². The van der Waals surface area contributed by atoms with Crippen LogP contribution >= 0.6 is 0 Å². The summed E-state index contributed by atoms with van der Waals surface area (Å²) in [4.78, 5) is 24.3. The summed E-state index contributed by atoms with van der Waals surface area (Å²) in [6, 6.07) is 0.797. The Bertz CT molecular complexity index is 305. The van der Waals surface area contributed by atoms with Gasteiger partial charge in [0.2, 0.25) is 0 Å². The Balaban J connectivity index is 1.67. The van der Waals surface area contributed by atoms with Crippen LogP contribution in [0, 0.1) is 5.92 Å².